The molecule has 12 nitrogen and oxygen atoms in total. The smallest absolute Gasteiger partial charge is 0.311 e. The number of aromatic hydroxyl groups is 1. The van der Waals surface area contributed by atoms with E-state index in [1.807, 2.05) is 30.3 Å². The summed E-state index contributed by atoms with van der Waals surface area (Å²) >= 11 is 0. The minimum absolute atomic E-state index is 0.118. The summed E-state index contributed by atoms with van der Waals surface area (Å²) in [6.45, 7) is 0.0165. The SMILES string of the molecule is COC(=O)C12CC3CC(CC(NC(=O)[C@H](Cc4ccccc4)NC(=O)CNC(=O)[C@H]4CCCN4C(=O)[C@@H](N)Cc4ccc(O)cc4)(C3)C1)C2. The van der Waals surface area contributed by atoms with Crippen LogP contribution >= 0.6 is 0 Å². The highest BCUT2D eigenvalue weighted by molar-refractivity contribution is 5.94. The predicted molar refractivity (Wildman–Crippen MR) is 180 cm³/mol. The minimum Gasteiger partial charge on any atom is -0.508 e. The second-order valence-corrected chi connectivity index (χ2v) is 14.7. The number of carbonyl (C=O) groups excluding carboxylic acids is 5. The number of ether oxygens (including phenoxy) is 1. The molecule has 2 unspecified atom stereocenters. The number of hydrogen-bond acceptors (Lipinski definition) is 8. The summed E-state index contributed by atoms with van der Waals surface area (Å²) in [6.07, 6.45) is 6.32. The first kappa shape index (κ1) is 34.4. The summed E-state index contributed by atoms with van der Waals surface area (Å²) < 4.78 is 5.23. The zero-order chi connectivity index (χ0) is 34.8. The van der Waals surface area contributed by atoms with Gasteiger partial charge in [-0.15, -0.1) is 0 Å². The molecule has 1 aliphatic heterocycles. The molecule has 5 fully saturated rings. The Kier molecular flexibility index (Phi) is 9.96. The maximum Gasteiger partial charge on any atom is 0.311 e. The van der Waals surface area contributed by atoms with Crippen molar-refractivity contribution < 1.29 is 33.8 Å². The summed E-state index contributed by atoms with van der Waals surface area (Å²) in [5.41, 5.74) is 6.76. The molecular formula is C37H47N5O7. The monoisotopic (exact) mass is 673 g/mol. The van der Waals surface area contributed by atoms with Crippen molar-refractivity contribution in [3.63, 3.8) is 0 Å². The van der Waals surface area contributed by atoms with E-state index in [-0.39, 0.29) is 42.9 Å². The lowest BCUT2D eigenvalue weighted by Gasteiger charge is -2.60. The first-order valence-electron chi connectivity index (χ1n) is 17.3. The van der Waals surface area contributed by atoms with E-state index in [0.717, 1.165) is 43.2 Å². The van der Waals surface area contributed by atoms with Gasteiger partial charge in [0.1, 0.15) is 17.8 Å². The standard InChI is InChI=1S/C37H47N5O7/c1-49-35(48)36-17-25-14-26(18-36)20-37(19-25,22-36)41-32(45)29(16-23-6-3-2-4-7-23)40-31(44)21-39-33(46)30-8-5-13-42(30)34(47)28(38)15-24-9-11-27(43)12-10-24/h2-4,6-7,9-12,25-26,28-30,43H,5,8,13-22,38H2,1H3,(H,39,46)(H,40,44)(H,41,45)/t25?,26?,28-,29-,30+,36?,37?/m0/s1. The molecule has 4 aliphatic carbocycles. The van der Waals surface area contributed by atoms with Gasteiger partial charge in [0.05, 0.1) is 25.1 Å². The van der Waals surface area contributed by atoms with E-state index in [9.17, 15) is 29.1 Å². The fourth-order valence-corrected chi connectivity index (χ4v) is 9.29. The van der Waals surface area contributed by atoms with Crippen LogP contribution in [0.2, 0.25) is 0 Å². The highest BCUT2D eigenvalue weighted by Crippen LogP contribution is 2.62. The molecule has 2 aromatic carbocycles. The number of hydrogen-bond donors (Lipinski definition) is 5. The van der Waals surface area contributed by atoms with Crippen LogP contribution in [0.3, 0.4) is 0 Å². The number of esters is 1. The molecule has 5 aliphatic rings. The van der Waals surface area contributed by atoms with Crippen LogP contribution in [-0.4, -0.2) is 83.5 Å². The van der Waals surface area contributed by atoms with Crippen LogP contribution in [0.5, 0.6) is 5.75 Å². The van der Waals surface area contributed by atoms with Crippen LogP contribution in [0, 0.1) is 17.3 Å². The quantitative estimate of drug-likeness (QED) is 0.211. The Morgan fingerprint density at radius 1 is 0.959 bits per heavy atom. The number of phenolic OH excluding ortho intramolecular Hbond substituents is 1. The van der Waals surface area contributed by atoms with Crippen LogP contribution in [0.25, 0.3) is 0 Å². The van der Waals surface area contributed by atoms with E-state index in [0.29, 0.717) is 37.6 Å². The second-order valence-electron chi connectivity index (χ2n) is 14.7. The molecule has 2 aromatic rings. The van der Waals surface area contributed by atoms with Gasteiger partial charge in [0, 0.05) is 18.5 Å². The molecule has 4 amide bonds. The maximum absolute atomic E-state index is 14.0. The Labute approximate surface area is 286 Å². The first-order chi connectivity index (χ1) is 23.5. The van der Waals surface area contributed by atoms with Crippen molar-refractivity contribution in [3.8, 4) is 5.75 Å². The van der Waals surface area contributed by atoms with Crippen LogP contribution in [0.4, 0.5) is 0 Å². The van der Waals surface area contributed by atoms with E-state index < -0.39 is 40.9 Å². The first-order valence-corrected chi connectivity index (χ1v) is 17.3. The van der Waals surface area contributed by atoms with E-state index in [2.05, 4.69) is 16.0 Å². The van der Waals surface area contributed by atoms with Crippen molar-refractivity contribution in [2.24, 2.45) is 23.0 Å². The van der Waals surface area contributed by atoms with Gasteiger partial charge in [0.25, 0.3) is 0 Å². The van der Waals surface area contributed by atoms with Gasteiger partial charge in [-0.25, -0.2) is 0 Å². The molecule has 5 atom stereocenters. The van der Waals surface area contributed by atoms with Crippen molar-refractivity contribution in [1.82, 2.24) is 20.9 Å². The predicted octanol–water partition coefficient (Wildman–Crippen LogP) is 1.72. The third-order valence-corrected chi connectivity index (χ3v) is 11.0. The van der Waals surface area contributed by atoms with Gasteiger partial charge in [-0.1, -0.05) is 42.5 Å². The number of nitrogens with two attached hydrogens (primary N) is 1. The molecule has 12 heteroatoms. The van der Waals surface area contributed by atoms with Crippen molar-refractivity contribution in [2.75, 3.05) is 20.2 Å². The van der Waals surface area contributed by atoms with E-state index >= 15 is 0 Å². The molecule has 1 heterocycles. The van der Waals surface area contributed by atoms with Gasteiger partial charge in [-0.2, -0.15) is 0 Å². The van der Waals surface area contributed by atoms with Gasteiger partial charge >= 0.3 is 5.97 Å². The second kappa shape index (κ2) is 14.2. The molecule has 0 aromatic heterocycles. The number of nitrogens with zero attached hydrogens (tertiary/aromatic N) is 1. The zero-order valence-corrected chi connectivity index (χ0v) is 28.0. The average Bonchev–Trinajstić information content (AvgIpc) is 3.57. The number of phenols is 1. The Morgan fingerprint density at radius 3 is 2.31 bits per heavy atom. The van der Waals surface area contributed by atoms with Crippen LogP contribution < -0.4 is 21.7 Å². The van der Waals surface area contributed by atoms with Gasteiger partial charge in [0.15, 0.2) is 0 Å². The topological polar surface area (TPSA) is 180 Å². The third-order valence-electron chi connectivity index (χ3n) is 11.0. The summed E-state index contributed by atoms with van der Waals surface area (Å²) in [4.78, 5) is 68.2. The van der Waals surface area contributed by atoms with Gasteiger partial charge in [-0.05, 0) is 92.9 Å². The summed E-state index contributed by atoms with van der Waals surface area (Å²) in [5.74, 6) is -1.07. The molecule has 6 N–H and O–H groups in total. The molecule has 262 valence electrons. The minimum atomic E-state index is -0.906. The Hall–Kier alpha value is -4.45. The van der Waals surface area contributed by atoms with Gasteiger partial charge in [0.2, 0.25) is 23.6 Å². The van der Waals surface area contributed by atoms with Crippen molar-refractivity contribution in [2.45, 2.75) is 87.9 Å². The Balaban J connectivity index is 1.08. The van der Waals surface area contributed by atoms with Crippen LogP contribution in [-0.2, 0) is 41.6 Å². The highest BCUT2D eigenvalue weighted by Gasteiger charge is 2.61. The fourth-order valence-electron chi connectivity index (χ4n) is 9.29. The number of amides is 4. The lowest BCUT2D eigenvalue weighted by Crippen LogP contribution is -2.66. The van der Waals surface area contributed by atoms with E-state index in [4.69, 9.17) is 10.5 Å². The largest absolute Gasteiger partial charge is 0.508 e. The lowest BCUT2D eigenvalue weighted by atomic mass is 9.47. The lowest BCUT2D eigenvalue weighted by molar-refractivity contribution is -0.173. The third kappa shape index (κ3) is 7.59. The molecule has 7 rings (SSSR count). The Bertz CT molecular complexity index is 1550. The van der Waals surface area contributed by atoms with Gasteiger partial charge in [-0.3, -0.25) is 24.0 Å². The summed E-state index contributed by atoms with van der Waals surface area (Å²) in [7, 11) is 1.42. The average molecular weight is 674 g/mol. The zero-order valence-electron chi connectivity index (χ0n) is 28.0. The summed E-state index contributed by atoms with van der Waals surface area (Å²) in [5, 5.41) is 18.3. The van der Waals surface area contributed by atoms with E-state index in [1.165, 1.54) is 24.1 Å². The molecule has 4 bridgehead atoms. The number of benzene rings is 2. The molecular weight excluding hydrogens is 626 g/mol. The maximum atomic E-state index is 14.0. The molecule has 1 saturated heterocycles. The van der Waals surface area contributed by atoms with Gasteiger partial charge < -0.3 is 36.4 Å². The van der Waals surface area contributed by atoms with Crippen molar-refractivity contribution in [3.05, 3.63) is 65.7 Å². The van der Waals surface area contributed by atoms with Crippen LogP contribution in [0.1, 0.15) is 62.5 Å². The number of likely N-dealkylation sites (tertiary alicyclic amines) is 1. The number of carbonyl (C=O) groups is 5. The van der Waals surface area contributed by atoms with E-state index in [1.54, 1.807) is 12.1 Å². The van der Waals surface area contributed by atoms with Crippen molar-refractivity contribution >= 4 is 29.6 Å². The summed E-state index contributed by atoms with van der Waals surface area (Å²) in [6, 6.07) is 13.3. The van der Waals surface area contributed by atoms with Crippen LogP contribution in [0.15, 0.2) is 54.6 Å². The normalized spacial score (nSPS) is 28.0. The number of methoxy groups -OCH3 is 1. The molecule has 4 saturated carbocycles. The number of nitrogens with one attached hydrogen (secondary N) is 3. The van der Waals surface area contributed by atoms with Crippen molar-refractivity contribution in [1.29, 1.82) is 0 Å². The molecule has 0 radical (unpaired) electrons. The Morgan fingerprint density at radius 2 is 1.63 bits per heavy atom. The number of rotatable bonds is 12. The molecule has 49 heavy (non-hydrogen) atoms. The fraction of sp³-hybridized carbons (Fsp3) is 0.541. The highest BCUT2D eigenvalue weighted by atomic mass is 16.5. The molecule has 0 spiro atoms.